The summed E-state index contributed by atoms with van der Waals surface area (Å²) in [5, 5.41) is 0.792. The van der Waals surface area contributed by atoms with Crippen LogP contribution in [0.4, 0.5) is 17.1 Å². The first-order valence-electron chi connectivity index (χ1n) is 11.3. The van der Waals surface area contributed by atoms with Gasteiger partial charge in [0.05, 0.1) is 23.4 Å². The number of hydrogen-bond donors (Lipinski definition) is 0. The summed E-state index contributed by atoms with van der Waals surface area (Å²) < 4.78 is 5.30. The number of esters is 1. The Balaban J connectivity index is 1.57. The number of para-hydroxylation sites is 3. The van der Waals surface area contributed by atoms with Crippen LogP contribution in [0.2, 0.25) is 0 Å². The number of aromatic nitrogens is 1. The molecule has 1 heterocycles. The Hall–Kier alpha value is -4.44. The summed E-state index contributed by atoms with van der Waals surface area (Å²) in [6.45, 7) is 2.14. The molecular weight excluding hydrogens is 420 g/mol. The number of carbonyl (C=O) groups is 1. The average molecular weight is 445 g/mol. The van der Waals surface area contributed by atoms with E-state index < -0.39 is 0 Å². The van der Waals surface area contributed by atoms with Crippen LogP contribution >= 0.6 is 0 Å². The van der Waals surface area contributed by atoms with Gasteiger partial charge in [0.15, 0.2) is 0 Å². The smallest absolute Gasteiger partial charge is 0.338 e. The predicted molar refractivity (Wildman–Crippen MR) is 138 cm³/mol. The number of carbonyl (C=O) groups excluding carboxylic acids is 1. The summed E-state index contributed by atoms with van der Waals surface area (Å²) >= 11 is 0. The van der Waals surface area contributed by atoms with Gasteiger partial charge in [-0.15, -0.1) is 0 Å². The third-order valence-corrected chi connectivity index (χ3v) is 5.66. The van der Waals surface area contributed by atoms with Crippen molar-refractivity contribution < 1.29 is 9.53 Å². The molecule has 0 fully saturated rings. The van der Waals surface area contributed by atoms with Gasteiger partial charge < -0.3 is 9.64 Å². The minimum absolute atomic E-state index is 0.328. The number of pyridine rings is 1. The Morgan fingerprint density at radius 2 is 1.29 bits per heavy atom. The van der Waals surface area contributed by atoms with E-state index in [4.69, 9.17) is 9.72 Å². The third kappa shape index (κ3) is 4.26. The molecule has 0 aliphatic rings. The lowest BCUT2D eigenvalue weighted by Crippen LogP contribution is -2.09. The Labute approximate surface area is 199 Å². The fourth-order valence-electron chi connectivity index (χ4n) is 4.08. The fourth-order valence-corrected chi connectivity index (χ4v) is 4.08. The first-order valence-corrected chi connectivity index (χ1v) is 11.3. The van der Waals surface area contributed by atoms with Crippen LogP contribution in [0.3, 0.4) is 0 Å². The standard InChI is InChI=1S/C30H24N2O2/c1-2-34-30(33)27-21-29(31-28-16-10-9-15-26(27)28)22-17-19-25(20-18-22)32(23-11-5-3-6-12-23)24-13-7-4-8-14-24/h3-21H,2H2,1H3. The van der Waals surface area contributed by atoms with Crippen LogP contribution in [-0.2, 0) is 4.74 Å². The Kier molecular flexibility index (Phi) is 6.04. The molecule has 0 radical (unpaired) electrons. The second-order valence-corrected chi connectivity index (χ2v) is 7.85. The predicted octanol–water partition coefficient (Wildman–Crippen LogP) is 7.55. The third-order valence-electron chi connectivity index (χ3n) is 5.66. The van der Waals surface area contributed by atoms with Crippen molar-refractivity contribution in [3.8, 4) is 11.3 Å². The van der Waals surface area contributed by atoms with Gasteiger partial charge in [-0.1, -0.05) is 66.7 Å². The monoisotopic (exact) mass is 444 g/mol. The van der Waals surface area contributed by atoms with Gasteiger partial charge in [-0.2, -0.15) is 0 Å². The van der Waals surface area contributed by atoms with Crippen molar-refractivity contribution in [1.82, 2.24) is 4.98 Å². The normalized spacial score (nSPS) is 10.7. The molecule has 0 aliphatic carbocycles. The van der Waals surface area contributed by atoms with Gasteiger partial charge in [0.1, 0.15) is 0 Å². The molecular formula is C30H24N2O2. The minimum atomic E-state index is -0.335. The van der Waals surface area contributed by atoms with E-state index in [0.717, 1.165) is 39.2 Å². The van der Waals surface area contributed by atoms with Gasteiger partial charge in [-0.25, -0.2) is 9.78 Å². The van der Waals surface area contributed by atoms with Gasteiger partial charge in [-0.3, -0.25) is 0 Å². The number of hydrogen-bond acceptors (Lipinski definition) is 4. The second-order valence-electron chi connectivity index (χ2n) is 7.85. The SMILES string of the molecule is CCOC(=O)c1cc(-c2ccc(N(c3ccccc3)c3ccccc3)cc2)nc2ccccc12. The molecule has 0 saturated heterocycles. The molecule has 34 heavy (non-hydrogen) atoms. The van der Waals surface area contributed by atoms with Crippen LogP contribution in [0, 0.1) is 0 Å². The van der Waals surface area contributed by atoms with Crippen LogP contribution in [-0.4, -0.2) is 17.6 Å². The van der Waals surface area contributed by atoms with Crippen LogP contribution in [0.1, 0.15) is 17.3 Å². The Bertz CT molecular complexity index is 1380. The van der Waals surface area contributed by atoms with E-state index in [2.05, 4.69) is 41.3 Å². The first-order chi connectivity index (χ1) is 16.7. The molecule has 0 aliphatic heterocycles. The quantitative estimate of drug-likeness (QED) is 0.254. The van der Waals surface area contributed by atoms with E-state index in [1.807, 2.05) is 85.8 Å². The second kappa shape index (κ2) is 9.59. The molecule has 166 valence electrons. The highest BCUT2D eigenvalue weighted by atomic mass is 16.5. The number of rotatable bonds is 6. The summed E-state index contributed by atoms with van der Waals surface area (Å²) in [6, 6.07) is 38.3. The molecule has 0 spiro atoms. The molecule has 0 amide bonds. The lowest BCUT2D eigenvalue weighted by Gasteiger charge is -2.25. The lowest BCUT2D eigenvalue weighted by atomic mass is 10.0. The molecule has 5 aromatic rings. The van der Waals surface area contributed by atoms with Gasteiger partial charge in [0, 0.05) is 28.0 Å². The van der Waals surface area contributed by atoms with E-state index in [1.54, 1.807) is 0 Å². The summed E-state index contributed by atoms with van der Waals surface area (Å²) in [4.78, 5) is 19.7. The zero-order valence-electron chi connectivity index (χ0n) is 18.9. The summed E-state index contributed by atoms with van der Waals surface area (Å²) in [7, 11) is 0. The lowest BCUT2D eigenvalue weighted by molar-refractivity contribution is 0.0528. The van der Waals surface area contributed by atoms with Crippen molar-refractivity contribution in [2.24, 2.45) is 0 Å². The largest absolute Gasteiger partial charge is 0.462 e. The molecule has 0 bridgehead atoms. The zero-order valence-corrected chi connectivity index (χ0v) is 18.9. The molecule has 1 aromatic heterocycles. The van der Waals surface area contributed by atoms with Gasteiger partial charge >= 0.3 is 5.97 Å². The van der Waals surface area contributed by atoms with Crippen molar-refractivity contribution in [3.63, 3.8) is 0 Å². The minimum Gasteiger partial charge on any atom is -0.462 e. The first kappa shape index (κ1) is 21.4. The summed E-state index contributed by atoms with van der Waals surface area (Å²) in [5.74, 6) is -0.335. The maximum atomic E-state index is 12.6. The average Bonchev–Trinajstić information content (AvgIpc) is 2.90. The maximum absolute atomic E-state index is 12.6. The molecule has 4 aromatic carbocycles. The van der Waals surface area contributed by atoms with Crippen molar-refractivity contribution >= 4 is 33.9 Å². The number of benzene rings is 4. The topological polar surface area (TPSA) is 42.4 Å². The zero-order chi connectivity index (χ0) is 23.3. The highest BCUT2D eigenvalue weighted by Crippen LogP contribution is 2.35. The van der Waals surface area contributed by atoms with Crippen molar-refractivity contribution in [3.05, 3.63) is 121 Å². The van der Waals surface area contributed by atoms with Crippen molar-refractivity contribution in [1.29, 1.82) is 0 Å². The number of anilines is 3. The molecule has 0 saturated carbocycles. The molecule has 4 nitrogen and oxygen atoms in total. The number of ether oxygens (including phenoxy) is 1. The van der Waals surface area contributed by atoms with Crippen LogP contribution in [0.5, 0.6) is 0 Å². The van der Waals surface area contributed by atoms with E-state index in [-0.39, 0.29) is 5.97 Å². The summed E-state index contributed by atoms with van der Waals surface area (Å²) in [5.41, 5.74) is 6.15. The van der Waals surface area contributed by atoms with E-state index in [9.17, 15) is 4.79 Å². The van der Waals surface area contributed by atoms with Gasteiger partial charge in [0.25, 0.3) is 0 Å². The molecule has 0 atom stereocenters. The molecule has 4 heteroatoms. The fraction of sp³-hybridized carbons (Fsp3) is 0.0667. The molecule has 5 rings (SSSR count). The Morgan fingerprint density at radius 3 is 1.91 bits per heavy atom. The van der Waals surface area contributed by atoms with Crippen molar-refractivity contribution in [2.45, 2.75) is 6.92 Å². The van der Waals surface area contributed by atoms with E-state index in [1.165, 1.54) is 0 Å². The van der Waals surface area contributed by atoms with Gasteiger partial charge in [-0.05, 0) is 55.5 Å². The number of fused-ring (bicyclic) bond motifs is 1. The number of nitrogens with zero attached hydrogens (tertiary/aromatic N) is 2. The Morgan fingerprint density at radius 1 is 0.735 bits per heavy atom. The van der Waals surface area contributed by atoms with Crippen molar-refractivity contribution in [2.75, 3.05) is 11.5 Å². The maximum Gasteiger partial charge on any atom is 0.338 e. The van der Waals surface area contributed by atoms with E-state index in [0.29, 0.717) is 12.2 Å². The summed E-state index contributed by atoms with van der Waals surface area (Å²) in [6.07, 6.45) is 0. The molecule has 0 unspecified atom stereocenters. The highest BCUT2D eigenvalue weighted by Gasteiger charge is 2.16. The molecule has 0 N–H and O–H groups in total. The van der Waals surface area contributed by atoms with Crippen LogP contribution < -0.4 is 4.90 Å². The highest BCUT2D eigenvalue weighted by molar-refractivity contribution is 6.04. The van der Waals surface area contributed by atoms with Gasteiger partial charge in [0.2, 0.25) is 0 Å². The van der Waals surface area contributed by atoms with Crippen LogP contribution in [0.25, 0.3) is 22.2 Å². The van der Waals surface area contributed by atoms with E-state index >= 15 is 0 Å². The van der Waals surface area contributed by atoms with Crippen LogP contribution in [0.15, 0.2) is 115 Å².